The van der Waals surface area contributed by atoms with Crippen molar-refractivity contribution >= 4 is 5.76 Å². The summed E-state index contributed by atoms with van der Waals surface area (Å²) in [7, 11) is 0. The highest BCUT2D eigenvalue weighted by Crippen LogP contribution is 2.43. The third-order valence-electron chi connectivity index (χ3n) is 6.48. The number of piperidine rings is 1. The molecule has 2 aliphatic carbocycles. The Morgan fingerprint density at radius 1 is 1.30 bits per heavy atom. The highest BCUT2D eigenvalue weighted by atomic mass is 19.1. The number of aromatic amines is 1. The number of aliphatic hydroxyl groups excluding tert-OH is 1. The van der Waals surface area contributed by atoms with E-state index in [1.165, 1.54) is 0 Å². The van der Waals surface area contributed by atoms with Gasteiger partial charge in [0.1, 0.15) is 5.56 Å². The van der Waals surface area contributed by atoms with E-state index in [-0.39, 0.29) is 17.6 Å². The van der Waals surface area contributed by atoms with Crippen LogP contribution in [0.4, 0.5) is 4.39 Å². The molecule has 3 aliphatic rings. The largest absolute Gasteiger partial charge is 0.504 e. The number of likely N-dealkylation sites (tertiary alicyclic amines) is 1. The van der Waals surface area contributed by atoms with Crippen LogP contribution in [0, 0.1) is 5.92 Å². The second kappa shape index (κ2) is 6.60. The van der Waals surface area contributed by atoms with Gasteiger partial charge in [-0.3, -0.25) is 19.2 Å². The van der Waals surface area contributed by atoms with E-state index in [0.29, 0.717) is 24.7 Å². The van der Waals surface area contributed by atoms with Crippen LogP contribution < -0.4 is 17.0 Å². The summed E-state index contributed by atoms with van der Waals surface area (Å²) in [6.45, 7) is 5.13. The minimum Gasteiger partial charge on any atom is -0.504 e. The van der Waals surface area contributed by atoms with E-state index in [1.54, 1.807) is 4.57 Å². The highest BCUT2D eigenvalue weighted by molar-refractivity contribution is 5.66. The lowest BCUT2D eigenvalue weighted by molar-refractivity contribution is 0.101. The second-order valence-corrected chi connectivity index (χ2v) is 8.17. The standard InChI is InChI=1S/C19H27FN4O3/c1-3-10-6-7-23(8-12(10)21)16-9(2)15-13(17(25)14(16)20)18(26)22-19(27)24(15)11-4-5-11/h9-12,16,25H,3-8,21H2,1-2H3,(H,22,26,27). The summed E-state index contributed by atoms with van der Waals surface area (Å²) in [5.41, 5.74) is 5.42. The summed E-state index contributed by atoms with van der Waals surface area (Å²) >= 11 is 0. The molecule has 0 spiro atoms. The molecular formula is C19H27FN4O3. The lowest BCUT2D eigenvalue weighted by Gasteiger charge is -2.44. The topological polar surface area (TPSA) is 104 Å². The summed E-state index contributed by atoms with van der Waals surface area (Å²) in [6, 6.07) is -0.766. The Balaban J connectivity index is 1.80. The van der Waals surface area contributed by atoms with Crippen molar-refractivity contribution in [3.8, 4) is 0 Å². The fourth-order valence-corrected chi connectivity index (χ4v) is 4.86. The first-order valence-electron chi connectivity index (χ1n) is 9.82. The predicted molar refractivity (Wildman–Crippen MR) is 100 cm³/mol. The molecule has 1 aliphatic heterocycles. The maximum atomic E-state index is 15.2. The summed E-state index contributed by atoms with van der Waals surface area (Å²) in [4.78, 5) is 29.0. The van der Waals surface area contributed by atoms with E-state index in [9.17, 15) is 14.7 Å². The fourth-order valence-electron chi connectivity index (χ4n) is 4.86. The van der Waals surface area contributed by atoms with Crippen molar-refractivity contribution in [1.82, 2.24) is 14.5 Å². The average Bonchev–Trinajstić information content (AvgIpc) is 3.44. The second-order valence-electron chi connectivity index (χ2n) is 8.17. The first-order valence-corrected chi connectivity index (χ1v) is 9.82. The van der Waals surface area contributed by atoms with E-state index in [0.717, 1.165) is 25.7 Å². The van der Waals surface area contributed by atoms with Crippen LogP contribution in [0.15, 0.2) is 15.4 Å². The van der Waals surface area contributed by atoms with Gasteiger partial charge in [0.15, 0.2) is 11.6 Å². The number of hydrogen-bond acceptors (Lipinski definition) is 5. The summed E-state index contributed by atoms with van der Waals surface area (Å²) in [6.07, 6.45) is 3.54. The summed E-state index contributed by atoms with van der Waals surface area (Å²) in [5.74, 6) is -1.38. The minimum atomic E-state index is -0.730. The molecule has 7 nitrogen and oxygen atoms in total. The number of nitrogens with one attached hydrogen (secondary N) is 1. The van der Waals surface area contributed by atoms with Gasteiger partial charge in [-0.15, -0.1) is 0 Å². The Hall–Kier alpha value is -1.93. The van der Waals surface area contributed by atoms with Gasteiger partial charge in [-0.1, -0.05) is 20.3 Å². The number of aliphatic hydroxyl groups is 1. The summed E-state index contributed by atoms with van der Waals surface area (Å²) in [5, 5.41) is 10.5. The minimum absolute atomic E-state index is 0.00764. The number of hydrogen-bond donors (Lipinski definition) is 3. The molecule has 4 atom stereocenters. The monoisotopic (exact) mass is 378 g/mol. The average molecular weight is 378 g/mol. The van der Waals surface area contributed by atoms with Gasteiger partial charge in [-0.2, -0.15) is 0 Å². The van der Waals surface area contributed by atoms with Crippen LogP contribution in [0.5, 0.6) is 0 Å². The molecule has 4 unspecified atom stereocenters. The van der Waals surface area contributed by atoms with Crippen molar-refractivity contribution in [3.63, 3.8) is 0 Å². The molecule has 2 fully saturated rings. The lowest BCUT2D eigenvalue weighted by Crippen LogP contribution is -2.54. The molecule has 0 amide bonds. The normalized spacial score (nSPS) is 31.9. The maximum Gasteiger partial charge on any atom is 0.328 e. The van der Waals surface area contributed by atoms with Gasteiger partial charge in [0, 0.05) is 30.2 Å². The number of halogens is 1. The molecule has 4 rings (SSSR count). The van der Waals surface area contributed by atoms with Crippen molar-refractivity contribution in [1.29, 1.82) is 0 Å². The first-order chi connectivity index (χ1) is 12.8. The molecule has 0 aromatic carbocycles. The number of nitrogens with zero attached hydrogens (tertiary/aromatic N) is 2. The third kappa shape index (κ3) is 2.86. The van der Waals surface area contributed by atoms with Gasteiger partial charge < -0.3 is 10.8 Å². The molecule has 4 N–H and O–H groups in total. The predicted octanol–water partition coefficient (Wildman–Crippen LogP) is 1.61. The Morgan fingerprint density at radius 3 is 2.59 bits per heavy atom. The van der Waals surface area contributed by atoms with Gasteiger partial charge in [0.05, 0.1) is 6.04 Å². The highest BCUT2D eigenvalue weighted by Gasteiger charge is 2.44. The molecule has 27 heavy (non-hydrogen) atoms. The zero-order valence-corrected chi connectivity index (χ0v) is 15.7. The van der Waals surface area contributed by atoms with Crippen LogP contribution in [-0.2, 0) is 0 Å². The van der Waals surface area contributed by atoms with Crippen LogP contribution in [0.25, 0.3) is 5.76 Å². The smallest absolute Gasteiger partial charge is 0.328 e. The molecular weight excluding hydrogens is 351 g/mol. The first kappa shape index (κ1) is 18.4. The number of aromatic nitrogens is 2. The molecule has 8 heteroatoms. The van der Waals surface area contributed by atoms with Crippen molar-refractivity contribution in [3.05, 3.63) is 37.9 Å². The Morgan fingerprint density at radius 2 is 2.00 bits per heavy atom. The van der Waals surface area contributed by atoms with Gasteiger partial charge in [0.2, 0.25) is 0 Å². The van der Waals surface area contributed by atoms with Crippen molar-refractivity contribution in [2.24, 2.45) is 11.7 Å². The number of rotatable bonds is 3. The molecule has 1 saturated heterocycles. The zero-order valence-electron chi connectivity index (χ0n) is 15.7. The van der Waals surface area contributed by atoms with Crippen LogP contribution in [-0.4, -0.2) is 44.7 Å². The Kier molecular flexibility index (Phi) is 4.50. The van der Waals surface area contributed by atoms with Gasteiger partial charge >= 0.3 is 5.69 Å². The third-order valence-corrected chi connectivity index (χ3v) is 6.48. The molecule has 148 valence electrons. The number of H-pyrrole nitrogens is 1. The van der Waals surface area contributed by atoms with E-state index < -0.39 is 34.8 Å². The van der Waals surface area contributed by atoms with Crippen LogP contribution in [0.2, 0.25) is 0 Å². The molecule has 0 radical (unpaired) electrons. The van der Waals surface area contributed by atoms with Crippen molar-refractivity contribution in [2.75, 3.05) is 13.1 Å². The fraction of sp³-hybridized carbons (Fsp3) is 0.684. The maximum absolute atomic E-state index is 15.2. The quantitative estimate of drug-likeness (QED) is 0.741. The van der Waals surface area contributed by atoms with Gasteiger partial charge in [0.25, 0.3) is 5.56 Å². The van der Waals surface area contributed by atoms with Crippen LogP contribution in [0.3, 0.4) is 0 Å². The molecule has 2 heterocycles. The lowest BCUT2D eigenvalue weighted by atomic mass is 9.82. The SMILES string of the molecule is CCC1CCN(C2C(F)=C(O)c3c(n(C4CC4)c(=O)[nH]c3=O)C2C)CC1N. The van der Waals surface area contributed by atoms with Gasteiger partial charge in [-0.05, 0) is 31.7 Å². The molecule has 1 aromatic heterocycles. The van der Waals surface area contributed by atoms with E-state index in [1.807, 2.05) is 11.8 Å². The summed E-state index contributed by atoms with van der Waals surface area (Å²) < 4.78 is 16.7. The Bertz CT molecular complexity index is 901. The number of nitrogens with two attached hydrogens (primary N) is 1. The zero-order chi connectivity index (χ0) is 19.5. The van der Waals surface area contributed by atoms with Crippen molar-refractivity contribution in [2.45, 2.75) is 63.6 Å². The van der Waals surface area contributed by atoms with Crippen LogP contribution >= 0.6 is 0 Å². The van der Waals surface area contributed by atoms with Crippen molar-refractivity contribution < 1.29 is 9.50 Å². The number of fused-ring (bicyclic) bond motifs is 1. The van der Waals surface area contributed by atoms with E-state index in [2.05, 4.69) is 11.9 Å². The molecule has 1 saturated carbocycles. The van der Waals surface area contributed by atoms with Crippen LogP contribution in [0.1, 0.15) is 62.7 Å². The van der Waals surface area contributed by atoms with Gasteiger partial charge in [-0.25, -0.2) is 9.18 Å². The van der Waals surface area contributed by atoms with E-state index in [4.69, 9.17) is 5.73 Å². The Labute approximate surface area is 156 Å². The van der Waals surface area contributed by atoms with E-state index >= 15 is 4.39 Å². The molecule has 0 bridgehead atoms. The molecule has 1 aromatic rings.